The molecule has 0 atom stereocenters. The van der Waals surface area contributed by atoms with E-state index in [1.807, 2.05) is 28.8 Å². The standard InChI is InChI=1S/C13H16N2O2/c1-2-5-12-14-10-6-3-4-7-11(10)15(12)9-8-13(16)17/h3-4,6-7H,2,5,8-9H2,1H3,(H,16,17). The maximum Gasteiger partial charge on any atom is 0.305 e. The lowest BCUT2D eigenvalue weighted by molar-refractivity contribution is -0.137. The Bertz CT molecular complexity index is 531. The topological polar surface area (TPSA) is 55.1 Å². The molecular weight excluding hydrogens is 216 g/mol. The number of carbonyl (C=O) groups is 1. The van der Waals surface area contributed by atoms with Crippen molar-refractivity contribution in [1.29, 1.82) is 0 Å². The molecule has 90 valence electrons. The molecule has 4 heteroatoms. The zero-order valence-electron chi connectivity index (χ0n) is 9.89. The predicted octanol–water partition coefficient (Wildman–Crippen LogP) is 2.46. The predicted molar refractivity (Wildman–Crippen MR) is 66.0 cm³/mol. The molecule has 0 saturated carbocycles. The Morgan fingerprint density at radius 2 is 2.18 bits per heavy atom. The number of rotatable bonds is 5. The summed E-state index contributed by atoms with van der Waals surface area (Å²) in [5.74, 6) is 0.208. The number of aromatic nitrogens is 2. The minimum atomic E-state index is -0.773. The van der Waals surface area contributed by atoms with Gasteiger partial charge in [-0.05, 0) is 18.6 Å². The summed E-state index contributed by atoms with van der Waals surface area (Å²) in [6, 6.07) is 7.86. The Balaban J connectivity index is 2.40. The molecule has 0 aliphatic carbocycles. The molecule has 1 aromatic heterocycles. The molecule has 1 N–H and O–H groups in total. The molecule has 0 aliphatic heterocycles. The van der Waals surface area contributed by atoms with Crippen LogP contribution in [0.1, 0.15) is 25.6 Å². The van der Waals surface area contributed by atoms with Crippen LogP contribution in [0.3, 0.4) is 0 Å². The lowest BCUT2D eigenvalue weighted by Crippen LogP contribution is -2.08. The van der Waals surface area contributed by atoms with Crippen LogP contribution in [0.2, 0.25) is 0 Å². The van der Waals surface area contributed by atoms with Gasteiger partial charge >= 0.3 is 5.97 Å². The Kier molecular flexibility index (Phi) is 3.42. The highest BCUT2D eigenvalue weighted by Crippen LogP contribution is 2.17. The van der Waals surface area contributed by atoms with Gasteiger partial charge in [0.25, 0.3) is 0 Å². The molecule has 2 aromatic rings. The number of aliphatic carboxylic acids is 1. The maximum atomic E-state index is 10.7. The first kappa shape index (κ1) is 11.6. The van der Waals surface area contributed by atoms with Crippen LogP contribution in [0.4, 0.5) is 0 Å². The van der Waals surface area contributed by atoms with Crippen molar-refractivity contribution in [3.05, 3.63) is 30.1 Å². The highest BCUT2D eigenvalue weighted by Gasteiger charge is 2.10. The van der Waals surface area contributed by atoms with Crippen molar-refractivity contribution in [3.8, 4) is 0 Å². The summed E-state index contributed by atoms with van der Waals surface area (Å²) < 4.78 is 2.02. The zero-order chi connectivity index (χ0) is 12.3. The molecule has 0 radical (unpaired) electrons. The van der Waals surface area contributed by atoms with Crippen molar-refractivity contribution in [2.24, 2.45) is 0 Å². The summed E-state index contributed by atoms with van der Waals surface area (Å²) in [5.41, 5.74) is 1.97. The van der Waals surface area contributed by atoms with E-state index in [-0.39, 0.29) is 6.42 Å². The highest BCUT2D eigenvalue weighted by molar-refractivity contribution is 5.76. The molecule has 1 aromatic carbocycles. The Labute approximate surface area is 99.9 Å². The number of hydrogen-bond donors (Lipinski definition) is 1. The van der Waals surface area contributed by atoms with Crippen molar-refractivity contribution < 1.29 is 9.90 Å². The van der Waals surface area contributed by atoms with Gasteiger partial charge in [0.1, 0.15) is 5.82 Å². The molecule has 0 bridgehead atoms. The fraction of sp³-hybridized carbons (Fsp3) is 0.385. The van der Waals surface area contributed by atoms with Crippen LogP contribution >= 0.6 is 0 Å². The van der Waals surface area contributed by atoms with E-state index in [1.54, 1.807) is 0 Å². The van der Waals surface area contributed by atoms with Crippen LogP contribution in [-0.4, -0.2) is 20.6 Å². The van der Waals surface area contributed by atoms with Gasteiger partial charge < -0.3 is 9.67 Å². The van der Waals surface area contributed by atoms with Gasteiger partial charge in [0.15, 0.2) is 0 Å². The number of benzene rings is 1. The fourth-order valence-electron chi connectivity index (χ4n) is 2.00. The number of aryl methyl sites for hydroxylation is 2. The van der Waals surface area contributed by atoms with Gasteiger partial charge in [-0.25, -0.2) is 4.98 Å². The number of carboxylic acids is 1. The quantitative estimate of drug-likeness (QED) is 0.861. The zero-order valence-corrected chi connectivity index (χ0v) is 9.89. The second-order valence-electron chi connectivity index (χ2n) is 4.06. The van der Waals surface area contributed by atoms with Gasteiger partial charge in [0.2, 0.25) is 0 Å². The van der Waals surface area contributed by atoms with Gasteiger partial charge in [-0.2, -0.15) is 0 Å². The Morgan fingerprint density at radius 1 is 1.41 bits per heavy atom. The molecular formula is C13H16N2O2. The molecule has 0 spiro atoms. The minimum absolute atomic E-state index is 0.136. The minimum Gasteiger partial charge on any atom is -0.481 e. The van der Waals surface area contributed by atoms with E-state index in [2.05, 4.69) is 11.9 Å². The first-order valence-corrected chi connectivity index (χ1v) is 5.88. The number of nitrogens with zero attached hydrogens (tertiary/aromatic N) is 2. The van der Waals surface area contributed by atoms with E-state index in [0.717, 1.165) is 29.7 Å². The third-order valence-corrected chi connectivity index (χ3v) is 2.76. The monoisotopic (exact) mass is 232 g/mol. The van der Waals surface area contributed by atoms with Crippen LogP contribution in [-0.2, 0) is 17.8 Å². The van der Waals surface area contributed by atoms with Crippen molar-refractivity contribution >= 4 is 17.0 Å². The summed E-state index contributed by atoms with van der Waals surface area (Å²) >= 11 is 0. The number of hydrogen-bond acceptors (Lipinski definition) is 2. The van der Waals surface area contributed by atoms with Crippen molar-refractivity contribution in [1.82, 2.24) is 9.55 Å². The SMILES string of the molecule is CCCc1nc2ccccc2n1CCC(=O)O. The van der Waals surface area contributed by atoms with E-state index in [9.17, 15) is 4.79 Å². The molecule has 0 fully saturated rings. The number of carboxylic acid groups (broad SMARTS) is 1. The van der Waals surface area contributed by atoms with Crippen LogP contribution < -0.4 is 0 Å². The maximum absolute atomic E-state index is 10.7. The van der Waals surface area contributed by atoms with E-state index in [4.69, 9.17) is 5.11 Å². The van der Waals surface area contributed by atoms with Gasteiger partial charge in [0.05, 0.1) is 17.5 Å². The second kappa shape index (κ2) is 4.99. The van der Waals surface area contributed by atoms with Gasteiger partial charge in [0, 0.05) is 13.0 Å². The highest BCUT2D eigenvalue weighted by atomic mass is 16.4. The van der Waals surface area contributed by atoms with E-state index in [0.29, 0.717) is 6.54 Å². The average Bonchev–Trinajstić information content (AvgIpc) is 2.64. The van der Waals surface area contributed by atoms with Crippen molar-refractivity contribution in [2.75, 3.05) is 0 Å². The molecule has 1 heterocycles. The second-order valence-corrected chi connectivity index (χ2v) is 4.06. The fourth-order valence-corrected chi connectivity index (χ4v) is 2.00. The van der Waals surface area contributed by atoms with Crippen LogP contribution in [0.15, 0.2) is 24.3 Å². The van der Waals surface area contributed by atoms with Crippen LogP contribution in [0, 0.1) is 0 Å². The smallest absolute Gasteiger partial charge is 0.305 e. The van der Waals surface area contributed by atoms with Gasteiger partial charge in [-0.1, -0.05) is 19.1 Å². The van der Waals surface area contributed by atoms with E-state index < -0.39 is 5.97 Å². The molecule has 0 unspecified atom stereocenters. The largest absolute Gasteiger partial charge is 0.481 e. The summed E-state index contributed by atoms with van der Waals surface area (Å²) in [7, 11) is 0. The summed E-state index contributed by atoms with van der Waals surface area (Å²) in [6.07, 6.45) is 2.03. The molecule has 4 nitrogen and oxygen atoms in total. The normalized spacial score (nSPS) is 10.9. The van der Waals surface area contributed by atoms with Crippen molar-refractivity contribution in [2.45, 2.75) is 32.7 Å². The number of fused-ring (bicyclic) bond motifs is 1. The first-order valence-electron chi connectivity index (χ1n) is 5.88. The third-order valence-electron chi connectivity index (χ3n) is 2.76. The third kappa shape index (κ3) is 2.46. The molecule has 17 heavy (non-hydrogen) atoms. The molecule has 2 rings (SSSR count). The lowest BCUT2D eigenvalue weighted by atomic mass is 10.3. The van der Waals surface area contributed by atoms with Crippen LogP contribution in [0.5, 0.6) is 0 Å². The number of imidazole rings is 1. The van der Waals surface area contributed by atoms with E-state index >= 15 is 0 Å². The molecule has 0 saturated heterocycles. The van der Waals surface area contributed by atoms with Crippen LogP contribution in [0.25, 0.3) is 11.0 Å². The average molecular weight is 232 g/mol. The molecule has 0 aliphatic rings. The summed E-state index contributed by atoms with van der Waals surface area (Å²) in [5, 5.41) is 8.77. The summed E-state index contributed by atoms with van der Waals surface area (Å²) in [4.78, 5) is 15.2. The molecule has 0 amide bonds. The summed E-state index contributed by atoms with van der Waals surface area (Å²) in [6.45, 7) is 2.59. The lowest BCUT2D eigenvalue weighted by Gasteiger charge is -2.06. The van der Waals surface area contributed by atoms with Gasteiger partial charge in [-0.3, -0.25) is 4.79 Å². The Hall–Kier alpha value is -1.84. The first-order chi connectivity index (χ1) is 8.22. The number of para-hydroxylation sites is 2. The van der Waals surface area contributed by atoms with Crippen molar-refractivity contribution in [3.63, 3.8) is 0 Å². The van der Waals surface area contributed by atoms with E-state index in [1.165, 1.54) is 0 Å². The van der Waals surface area contributed by atoms with Gasteiger partial charge in [-0.15, -0.1) is 0 Å². The Morgan fingerprint density at radius 3 is 2.88 bits per heavy atom.